The van der Waals surface area contributed by atoms with Crippen LogP contribution in [0.4, 0.5) is 0 Å². The van der Waals surface area contributed by atoms with E-state index in [1.807, 2.05) is 25.1 Å². The maximum absolute atomic E-state index is 9.94. The number of aryl methyl sites for hydroxylation is 1. The number of para-hydroxylation sites is 1. The Morgan fingerprint density at radius 1 is 1.35 bits per heavy atom. The molecule has 1 aromatic rings. The Labute approximate surface area is 104 Å². The van der Waals surface area contributed by atoms with E-state index in [4.69, 9.17) is 0 Å². The number of rotatable bonds is 3. The smallest absolute Gasteiger partial charge is 0.122 e. The fourth-order valence-corrected chi connectivity index (χ4v) is 2.74. The standard InChI is InChI=1S/C15H23NO/c1-11-5-3-8-14(9-11)16-10-13-7-4-6-12(2)15(13)17/h4,6-7,11,14,16-17H,3,5,8-10H2,1-2H3. The van der Waals surface area contributed by atoms with Crippen molar-refractivity contribution in [1.82, 2.24) is 5.32 Å². The Kier molecular flexibility index (Phi) is 4.06. The Hall–Kier alpha value is -1.02. The van der Waals surface area contributed by atoms with Crippen molar-refractivity contribution in [3.05, 3.63) is 29.3 Å². The van der Waals surface area contributed by atoms with E-state index < -0.39 is 0 Å². The predicted octanol–water partition coefficient (Wildman–Crippen LogP) is 3.37. The summed E-state index contributed by atoms with van der Waals surface area (Å²) in [6.45, 7) is 5.06. The molecule has 2 rings (SSSR count). The minimum Gasteiger partial charge on any atom is -0.507 e. The summed E-state index contributed by atoms with van der Waals surface area (Å²) in [6, 6.07) is 6.58. The second-order valence-electron chi connectivity index (χ2n) is 5.43. The molecule has 0 spiro atoms. The minimum atomic E-state index is 0.448. The largest absolute Gasteiger partial charge is 0.507 e. The van der Waals surface area contributed by atoms with Crippen LogP contribution in [0, 0.1) is 12.8 Å². The van der Waals surface area contributed by atoms with E-state index in [1.54, 1.807) is 0 Å². The normalized spacial score (nSPS) is 24.8. The van der Waals surface area contributed by atoms with Gasteiger partial charge in [0, 0.05) is 18.2 Å². The summed E-state index contributed by atoms with van der Waals surface area (Å²) in [5.41, 5.74) is 1.98. The Morgan fingerprint density at radius 3 is 2.94 bits per heavy atom. The van der Waals surface area contributed by atoms with Gasteiger partial charge in [0.25, 0.3) is 0 Å². The average Bonchev–Trinajstić information content (AvgIpc) is 2.31. The summed E-state index contributed by atoms with van der Waals surface area (Å²) in [7, 11) is 0. The van der Waals surface area contributed by atoms with E-state index >= 15 is 0 Å². The van der Waals surface area contributed by atoms with Gasteiger partial charge < -0.3 is 10.4 Å². The van der Waals surface area contributed by atoms with Crippen molar-refractivity contribution in [2.45, 2.75) is 52.1 Å². The van der Waals surface area contributed by atoms with Gasteiger partial charge in [-0.05, 0) is 31.2 Å². The molecule has 1 aromatic carbocycles. The van der Waals surface area contributed by atoms with Crippen LogP contribution in [0.25, 0.3) is 0 Å². The summed E-state index contributed by atoms with van der Waals surface area (Å²) >= 11 is 0. The zero-order chi connectivity index (χ0) is 12.3. The molecule has 0 saturated heterocycles. The van der Waals surface area contributed by atoms with Gasteiger partial charge in [0.2, 0.25) is 0 Å². The Balaban J connectivity index is 1.91. The highest BCUT2D eigenvalue weighted by Crippen LogP contribution is 2.25. The van der Waals surface area contributed by atoms with Crippen LogP contribution >= 0.6 is 0 Å². The molecule has 2 heteroatoms. The fourth-order valence-electron chi connectivity index (χ4n) is 2.74. The number of hydrogen-bond donors (Lipinski definition) is 2. The summed E-state index contributed by atoms with van der Waals surface area (Å²) in [5, 5.41) is 13.5. The number of phenols is 1. The molecule has 0 amide bonds. The maximum atomic E-state index is 9.94. The van der Waals surface area contributed by atoms with E-state index in [0.717, 1.165) is 23.6 Å². The van der Waals surface area contributed by atoms with E-state index in [-0.39, 0.29) is 0 Å². The third-order valence-corrected chi connectivity index (χ3v) is 3.84. The summed E-state index contributed by atoms with van der Waals surface area (Å²) < 4.78 is 0. The van der Waals surface area contributed by atoms with Gasteiger partial charge in [-0.25, -0.2) is 0 Å². The third kappa shape index (κ3) is 3.22. The second kappa shape index (κ2) is 5.54. The maximum Gasteiger partial charge on any atom is 0.122 e. The molecule has 2 atom stereocenters. The number of aromatic hydroxyl groups is 1. The van der Waals surface area contributed by atoms with Crippen LogP contribution in [0.15, 0.2) is 18.2 Å². The molecule has 1 aliphatic rings. The highest BCUT2D eigenvalue weighted by Gasteiger charge is 2.18. The first-order valence-electron chi connectivity index (χ1n) is 6.67. The van der Waals surface area contributed by atoms with Gasteiger partial charge in [-0.1, -0.05) is 38.0 Å². The molecule has 1 saturated carbocycles. The monoisotopic (exact) mass is 233 g/mol. The summed E-state index contributed by atoms with van der Waals surface area (Å²) in [6.07, 6.45) is 5.25. The lowest BCUT2D eigenvalue weighted by Gasteiger charge is -2.27. The van der Waals surface area contributed by atoms with Crippen LogP contribution in [0.2, 0.25) is 0 Å². The lowest BCUT2D eigenvalue weighted by Crippen LogP contribution is -2.33. The third-order valence-electron chi connectivity index (χ3n) is 3.84. The zero-order valence-corrected chi connectivity index (χ0v) is 10.9. The molecule has 2 N–H and O–H groups in total. The highest BCUT2D eigenvalue weighted by molar-refractivity contribution is 5.39. The first-order chi connectivity index (χ1) is 8.16. The van der Waals surface area contributed by atoms with Gasteiger partial charge in [-0.3, -0.25) is 0 Å². The Bertz CT molecular complexity index is 375. The second-order valence-corrected chi connectivity index (χ2v) is 5.43. The van der Waals surface area contributed by atoms with Crippen molar-refractivity contribution in [2.24, 2.45) is 5.92 Å². The van der Waals surface area contributed by atoms with Crippen molar-refractivity contribution in [3.63, 3.8) is 0 Å². The lowest BCUT2D eigenvalue weighted by atomic mass is 9.87. The average molecular weight is 233 g/mol. The molecule has 0 aliphatic heterocycles. The molecule has 0 bridgehead atoms. The van der Waals surface area contributed by atoms with Gasteiger partial charge in [0.1, 0.15) is 5.75 Å². The zero-order valence-electron chi connectivity index (χ0n) is 10.9. The molecular formula is C15H23NO. The lowest BCUT2D eigenvalue weighted by molar-refractivity contribution is 0.299. The summed E-state index contributed by atoms with van der Waals surface area (Å²) in [4.78, 5) is 0. The van der Waals surface area contributed by atoms with Crippen LogP contribution in [0.3, 0.4) is 0 Å². The first-order valence-corrected chi connectivity index (χ1v) is 6.67. The van der Waals surface area contributed by atoms with Gasteiger partial charge in [0.05, 0.1) is 0 Å². The minimum absolute atomic E-state index is 0.448. The number of hydrogen-bond acceptors (Lipinski definition) is 2. The SMILES string of the molecule is Cc1cccc(CNC2CCCC(C)C2)c1O. The number of benzene rings is 1. The van der Waals surface area contributed by atoms with E-state index in [9.17, 15) is 5.11 Å². The van der Waals surface area contributed by atoms with Crippen molar-refractivity contribution in [1.29, 1.82) is 0 Å². The van der Waals surface area contributed by atoms with E-state index in [1.165, 1.54) is 25.7 Å². The van der Waals surface area contributed by atoms with Gasteiger partial charge >= 0.3 is 0 Å². The van der Waals surface area contributed by atoms with Crippen LogP contribution in [-0.4, -0.2) is 11.1 Å². The molecule has 1 aliphatic carbocycles. The van der Waals surface area contributed by atoms with Crippen LogP contribution in [0.5, 0.6) is 5.75 Å². The van der Waals surface area contributed by atoms with E-state index in [2.05, 4.69) is 12.2 Å². The van der Waals surface area contributed by atoms with Crippen molar-refractivity contribution in [3.8, 4) is 5.75 Å². The van der Waals surface area contributed by atoms with Crippen molar-refractivity contribution < 1.29 is 5.11 Å². The van der Waals surface area contributed by atoms with Crippen LogP contribution in [-0.2, 0) is 6.54 Å². The van der Waals surface area contributed by atoms with Crippen molar-refractivity contribution >= 4 is 0 Å². The number of nitrogens with one attached hydrogen (secondary N) is 1. The number of phenolic OH excluding ortho intramolecular Hbond substituents is 1. The summed E-state index contributed by atoms with van der Waals surface area (Å²) in [5.74, 6) is 1.29. The fraction of sp³-hybridized carbons (Fsp3) is 0.600. The Morgan fingerprint density at radius 2 is 2.18 bits per heavy atom. The molecular weight excluding hydrogens is 210 g/mol. The molecule has 17 heavy (non-hydrogen) atoms. The topological polar surface area (TPSA) is 32.3 Å². The molecule has 0 heterocycles. The highest BCUT2D eigenvalue weighted by atomic mass is 16.3. The molecule has 1 fully saturated rings. The van der Waals surface area contributed by atoms with Crippen LogP contribution < -0.4 is 5.32 Å². The van der Waals surface area contributed by atoms with Crippen molar-refractivity contribution in [2.75, 3.05) is 0 Å². The molecule has 2 unspecified atom stereocenters. The first kappa shape index (κ1) is 12.4. The van der Waals surface area contributed by atoms with Gasteiger partial charge in [-0.2, -0.15) is 0 Å². The van der Waals surface area contributed by atoms with Gasteiger partial charge in [-0.15, -0.1) is 0 Å². The quantitative estimate of drug-likeness (QED) is 0.839. The predicted molar refractivity (Wildman–Crippen MR) is 71.1 cm³/mol. The van der Waals surface area contributed by atoms with Gasteiger partial charge in [0.15, 0.2) is 0 Å². The van der Waals surface area contributed by atoms with Crippen LogP contribution in [0.1, 0.15) is 43.7 Å². The molecule has 0 radical (unpaired) electrons. The molecule has 2 nitrogen and oxygen atoms in total. The molecule has 0 aromatic heterocycles. The molecule has 94 valence electrons. The van der Waals surface area contributed by atoms with E-state index in [0.29, 0.717) is 11.8 Å².